The summed E-state index contributed by atoms with van der Waals surface area (Å²) in [5, 5.41) is 10.2. The van der Waals surface area contributed by atoms with Crippen molar-refractivity contribution in [3.63, 3.8) is 0 Å². The van der Waals surface area contributed by atoms with Gasteiger partial charge in [-0.05, 0) is 65.7 Å². The van der Waals surface area contributed by atoms with Crippen molar-refractivity contribution in [3.05, 3.63) is 157 Å². The molecule has 54 heavy (non-hydrogen) atoms. The normalized spacial score (nSPS) is 12.0. The van der Waals surface area contributed by atoms with E-state index in [0.717, 1.165) is 75.0 Å². The molecular weight excluding hydrogens is 705 g/mol. The highest BCUT2D eigenvalue weighted by Gasteiger charge is 2.06. The molecule has 0 spiro atoms. The molecule has 0 amide bonds. The lowest BCUT2D eigenvalue weighted by Gasteiger charge is -2.06. The zero-order valence-electron chi connectivity index (χ0n) is 32.1. The number of nitrogens with zero attached hydrogens (tertiary/aromatic N) is 5. The summed E-state index contributed by atoms with van der Waals surface area (Å²) in [6.45, 7) is 8.00. The predicted octanol–water partition coefficient (Wildman–Crippen LogP) is 7.64. The number of rotatable bonds is 23. The number of aryl methyl sites for hydroxylation is 5. The molecule has 5 rings (SSSR count). The molecule has 0 fully saturated rings. The van der Waals surface area contributed by atoms with E-state index < -0.39 is 0 Å². The van der Waals surface area contributed by atoms with Gasteiger partial charge in [-0.15, -0.1) is 0 Å². The second-order valence-corrected chi connectivity index (χ2v) is 15.8. The van der Waals surface area contributed by atoms with E-state index in [2.05, 4.69) is 188 Å². The molecule has 8 nitrogen and oxygen atoms in total. The molecule has 0 bridgehead atoms. The molecule has 0 unspecified atom stereocenters. The van der Waals surface area contributed by atoms with Gasteiger partial charge in [0.1, 0.15) is 31.8 Å². The van der Waals surface area contributed by atoms with Crippen molar-refractivity contribution in [2.24, 2.45) is 7.05 Å². The summed E-state index contributed by atoms with van der Waals surface area (Å²) in [5.74, 6) is 2.19. The first-order chi connectivity index (χ1) is 26.6. The first-order valence-electron chi connectivity index (χ1n) is 18.9. The number of allylic oxidation sites excluding steroid dienone is 4. The summed E-state index contributed by atoms with van der Waals surface area (Å²) in [7, 11) is 7.86. The summed E-state index contributed by atoms with van der Waals surface area (Å²) >= 11 is 0. The van der Waals surface area contributed by atoms with E-state index in [0.29, 0.717) is 0 Å². The Labute approximate surface area is 330 Å². The molecule has 0 atom stereocenters. The van der Waals surface area contributed by atoms with Gasteiger partial charge in [0, 0.05) is 68.0 Å². The number of pyridine rings is 1. The Morgan fingerprint density at radius 1 is 0.648 bits per heavy atom. The smallest absolute Gasteiger partial charge is 0.243 e. The molecule has 3 N–H and O–H groups in total. The van der Waals surface area contributed by atoms with E-state index in [1.807, 2.05) is 46.5 Å². The van der Waals surface area contributed by atoms with Crippen LogP contribution >= 0.6 is 21.6 Å². The number of benzene rings is 2. The SMILES string of the molecule is CC=C(C=CNC)C=Cc1ccc(NCCC[n+]2ccn(CCSSCCn3cc[n+](CCCNc4ccc(C=Cc5cc[n+](C)cc5)cc4)c3)c2)cc1. The topological polar surface area (TPSA) is 57.6 Å². The van der Waals surface area contributed by atoms with Crippen LogP contribution in [0.3, 0.4) is 0 Å². The van der Waals surface area contributed by atoms with Gasteiger partial charge in [0.2, 0.25) is 12.7 Å². The Kier molecular flexibility index (Phi) is 17.1. The molecule has 5 aromatic rings. The fourth-order valence-corrected chi connectivity index (χ4v) is 7.62. The van der Waals surface area contributed by atoms with E-state index in [9.17, 15) is 0 Å². The minimum absolute atomic E-state index is 0.944. The van der Waals surface area contributed by atoms with Crippen molar-refractivity contribution in [2.45, 2.75) is 45.9 Å². The minimum atomic E-state index is 0.944. The Morgan fingerprint density at radius 2 is 1.15 bits per heavy atom. The van der Waals surface area contributed by atoms with Gasteiger partial charge in [-0.1, -0.05) is 76.2 Å². The maximum absolute atomic E-state index is 3.56. The Bertz CT molecular complexity index is 1920. The highest BCUT2D eigenvalue weighted by molar-refractivity contribution is 8.76. The van der Waals surface area contributed by atoms with Gasteiger partial charge in [0.05, 0.1) is 26.2 Å². The first-order valence-corrected chi connectivity index (χ1v) is 21.4. The van der Waals surface area contributed by atoms with Crippen molar-refractivity contribution >= 4 is 51.2 Å². The van der Waals surface area contributed by atoms with Crippen LogP contribution in [0.5, 0.6) is 0 Å². The van der Waals surface area contributed by atoms with Crippen LogP contribution < -0.4 is 29.7 Å². The van der Waals surface area contributed by atoms with E-state index in [4.69, 9.17) is 0 Å². The molecule has 10 heteroatoms. The molecule has 0 aliphatic heterocycles. The Balaban J connectivity index is 0.874. The monoisotopic (exact) mass is 761 g/mol. The number of hydrogen-bond acceptors (Lipinski definition) is 5. The van der Waals surface area contributed by atoms with Crippen LogP contribution in [0.1, 0.15) is 36.5 Å². The first kappa shape index (κ1) is 40.3. The van der Waals surface area contributed by atoms with Crippen LogP contribution in [0.25, 0.3) is 18.2 Å². The average molecular weight is 762 g/mol. The van der Waals surface area contributed by atoms with Gasteiger partial charge in [-0.2, -0.15) is 0 Å². The summed E-state index contributed by atoms with van der Waals surface area (Å²) in [4.78, 5) is 0. The zero-order valence-corrected chi connectivity index (χ0v) is 33.7. The van der Waals surface area contributed by atoms with Crippen molar-refractivity contribution in [1.29, 1.82) is 0 Å². The molecule has 0 aliphatic carbocycles. The van der Waals surface area contributed by atoms with E-state index in [1.165, 1.54) is 22.3 Å². The molecular formula is C44H57N8S2+3. The van der Waals surface area contributed by atoms with Crippen molar-refractivity contribution in [2.75, 3.05) is 42.3 Å². The molecule has 2 aromatic carbocycles. The van der Waals surface area contributed by atoms with Crippen LogP contribution in [0, 0.1) is 0 Å². The standard InChI is InChI=1S/C44H56N8S2/c1-4-39(19-24-45-2)7-8-40-11-15-43(16-12-40)46-22-5-25-49-29-31-51(37-49)33-35-53-54-36-34-52-32-30-50(38-52)26-6-23-47-44-17-13-41(14-18-44)9-10-42-20-27-48(3)28-21-42/h4,7-21,24,27-32,37-38,45-46H,5-6,22-23,25-26,33-36H2,1-3H3/q+2/p+1. The van der Waals surface area contributed by atoms with Gasteiger partial charge < -0.3 is 16.0 Å². The average Bonchev–Trinajstić information content (AvgIpc) is 3.86. The Hall–Kier alpha value is -4.93. The maximum atomic E-state index is 3.56. The molecule has 3 aromatic heterocycles. The predicted molar refractivity (Wildman–Crippen MR) is 231 cm³/mol. The lowest BCUT2D eigenvalue weighted by Crippen LogP contribution is -2.32. The Morgan fingerprint density at radius 3 is 1.65 bits per heavy atom. The van der Waals surface area contributed by atoms with Crippen molar-refractivity contribution in [3.8, 4) is 0 Å². The molecule has 3 heterocycles. The maximum Gasteiger partial charge on any atom is 0.243 e. The van der Waals surface area contributed by atoms with Gasteiger partial charge in [0.15, 0.2) is 12.4 Å². The summed E-state index contributed by atoms with van der Waals surface area (Å²) < 4.78 is 11.2. The quantitative estimate of drug-likeness (QED) is 0.0277. The van der Waals surface area contributed by atoms with E-state index in [-0.39, 0.29) is 0 Å². The third-order valence-corrected chi connectivity index (χ3v) is 11.2. The van der Waals surface area contributed by atoms with Crippen LogP contribution in [-0.2, 0) is 33.2 Å². The van der Waals surface area contributed by atoms with Crippen LogP contribution in [0.2, 0.25) is 0 Å². The lowest BCUT2D eigenvalue weighted by atomic mass is 10.1. The van der Waals surface area contributed by atoms with E-state index >= 15 is 0 Å². The molecule has 0 aliphatic rings. The summed E-state index contributed by atoms with van der Waals surface area (Å²) in [6, 6.07) is 21.5. The van der Waals surface area contributed by atoms with Gasteiger partial charge >= 0.3 is 0 Å². The third-order valence-electron chi connectivity index (χ3n) is 8.82. The largest absolute Gasteiger partial charge is 0.394 e. The second kappa shape index (κ2) is 23.0. The zero-order chi connectivity index (χ0) is 37.6. The van der Waals surface area contributed by atoms with Crippen LogP contribution in [-0.4, -0.2) is 40.8 Å². The van der Waals surface area contributed by atoms with Gasteiger partial charge in [0.25, 0.3) is 0 Å². The number of aromatic nitrogens is 5. The highest BCUT2D eigenvalue weighted by atomic mass is 33.1. The van der Waals surface area contributed by atoms with Crippen LogP contribution in [0.15, 0.2) is 141 Å². The fraction of sp³-hybridized carbons (Fsp3) is 0.295. The molecule has 0 saturated heterocycles. The molecule has 282 valence electrons. The third kappa shape index (κ3) is 14.8. The second-order valence-electron chi connectivity index (χ2n) is 13.1. The van der Waals surface area contributed by atoms with Crippen molar-refractivity contribution in [1.82, 2.24) is 14.5 Å². The lowest BCUT2D eigenvalue weighted by molar-refractivity contribution is -0.696. The van der Waals surface area contributed by atoms with Gasteiger partial charge in [-0.25, -0.2) is 22.8 Å². The minimum Gasteiger partial charge on any atom is -0.394 e. The van der Waals surface area contributed by atoms with Gasteiger partial charge in [-0.3, -0.25) is 0 Å². The van der Waals surface area contributed by atoms with Crippen molar-refractivity contribution < 1.29 is 13.7 Å². The highest BCUT2D eigenvalue weighted by Crippen LogP contribution is 2.21. The molecule has 0 radical (unpaired) electrons. The fourth-order valence-electron chi connectivity index (χ4n) is 5.66. The van der Waals surface area contributed by atoms with E-state index in [1.54, 1.807) is 0 Å². The number of anilines is 2. The number of imidazole rings is 2. The number of hydrogen-bond donors (Lipinski definition) is 3. The molecule has 0 saturated carbocycles. The summed E-state index contributed by atoms with van der Waals surface area (Å²) in [6.07, 6.45) is 34.2. The summed E-state index contributed by atoms with van der Waals surface area (Å²) in [5.41, 5.74) is 7.09. The van der Waals surface area contributed by atoms with Crippen LogP contribution in [0.4, 0.5) is 11.4 Å². The number of nitrogens with one attached hydrogen (secondary N) is 3.